The molecule has 0 aliphatic rings. The van der Waals surface area contributed by atoms with Crippen molar-refractivity contribution in [2.45, 2.75) is 32.4 Å². The number of carbonyl (C=O) groups is 1. The van der Waals surface area contributed by atoms with Gasteiger partial charge < -0.3 is 9.52 Å². The van der Waals surface area contributed by atoms with Crippen LogP contribution in [0.25, 0.3) is 11.3 Å². The summed E-state index contributed by atoms with van der Waals surface area (Å²) in [5.74, 6) is 0.139. The van der Waals surface area contributed by atoms with E-state index in [-0.39, 0.29) is 6.54 Å². The molecule has 0 saturated heterocycles. The number of aromatic nitrogens is 1. The quantitative estimate of drug-likeness (QED) is 0.856. The minimum absolute atomic E-state index is 0.247. The second-order valence-corrected chi connectivity index (χ2v) is 5.41. The zero-order valence-corrected chi connectivity index (χ0v) is 12.6. The number of halogens is 1. The highest BCUT2D eigenvalue weighted by Gasteiger charge is 2.30. The molecule has 112 valence electrons. The van der Waals surface area contributed by atoms with E-state index in [1.807, 2.05) is 19.1 Å². The maximum absolute atomic E-state index is 11.2. The Morgan fingerprint density at radius 2 is 2.29 bits per heavy atom. The van der Waals surface area contributed by atoms with Gasteiger partial charge in [0, 0.05) is 10.6 Å². The predicted molar refractivity (Wildman–Crippen MR) is 80.1 cm³/mol. The molecule has 0 aliphatic heterocycles. The number of oxazole rings is 1. The molecule has 0 radical (unpaired) electrons. The third-order valence-electron chi connectivity index (χ3n) is 3.47. The van der Waals surface area contributed by atoms with Crippen LogP contribution >= 0.6 is 11.6 Å². The zero-order valence-electron chi connectivity index (χ0n) is 11.9. The van der Waals surface area contributed by atoms with Crippen LogP contribution in [0.2, 0.25) is 5.02 Å². The highest BCUT2D eigenvalue weighted by Crippen LogP contribution is 2.23. The van der Waals surface area contributed by atoms with E-state index < -0.39 is 11.5 Å². The summed E-state index contributed by atoms with van der Waals surface area (Å²) in [6.07, 6.45) is 2.07. The van der Waals surface area contributed by atoms with Gasteiger partial charge in [0.2, 0.25) is 5.89 Å². The van der Waals surface area contributed by atoms with Gasteiger partial charge in [-0.1, -0.05) is 30.7 Å². The first-order chi connectivity index (χ1) is 9.94. The first kappa shape index (κ1) is 15.5. The summed E-state index contributed by atoms with van der Waals surface area (Å²) in [7, 11) is 0. The number of aliphatic carboxylic acids is 1. The van der Waals surface area contributed by atoms with E-state index in [1.54, 1.807) is 25.3 Å². The lowest BCUT2D eigenvalue weighted by Gasteiger charge is -2.23. The fourth-order valence-electron chi connectivity index (χ4n) is 1.79. The Morgan fingerprint density at radius 3 is 2.90 bits per heavy atom. The highest BCUT2D eigenvalue weighted by molar-refractivity contribution is 6.30. The molecule has 2 N–H and O–H groups in total. The first-order valence-corrected chi connectivity index (χ1v) is 7.01. The van der Waals surface area contributed by atoms with Gasteiger partial charge in [-0.3, -0.25) is 10.1 Å². The molecule has 6 heteroatoms. The second-order valence-electron chi connectivity index (χ2n) is 4.97. The summed E-state index contributed by atoms with van der Waals surface area (Å²) in [6.45, 7) is 3.70. The van der Waals surface area contributed by atoms with Crippen molar-refractivity contribution >= 4 is 17.6 Å². The molecule has 1 atom stereocenters. The van der Waals surface area contributed by atoms with E-state index >= 15 is 0 Å². The summed E-state index contributed by atoms with van der Waals surface area (Å²) in [5.41, 5.74) is -0.164. The Bertz CT molecular complexity index is 641. The van der Waals surface area contributed by atoms with Crippen LogP contribution in [0.1, 0.15) is 26.2 Å². The molecule has 1 unspecified atom stereocenters. The molecular weight excluding hydrogens is 292 g/mol. The van der Waals surface area contributed by atoms with Crippen LogP contribution in [0.4, 0.5) is 0 Å². The highest BCUT2D eigenvalue weighted by atomic mass is 35.5. The monoisotopic (exact) mass is 308 g/mol. The number of hydrogen-bond donors (Lipinski definition) is 2. The Morgan fingerprint density at radius 1 is 1.52 bits per heavy atom. The van der Waals surface area contributed by atoms with E-state index in [1.165, 1.54) is 0 Å². The molecule has 21 heavy (non-hydrogen) atoms. The number of benzene rings is 1. The van der Waals surface area contributed by atoms with Crippen molar-refractivity contribution in [1.82, 2.24) is 10.3 Å². The molecular formula is C15H17ClN2O3. The third kappa shape index (κ3) is 3.62. The number of carboxylic acids is 1. The molecule has 1 aromatic carbocycles. The van der Waals surface area contributed by atoms with E-state index in [2.05, 4.69) is 10.3 Å². The smallest absolute Gasteiger partial charge is 0.323 e. The molecule has 0 amide bonds. The molecule has 1 aromatic heterocycles. The maximum atomic E-state index is 11.2. The number of carboxylic acid groups (broad SMARTS) is 1. The van der Waals surface area contributed by atoms with Crippen LogP contribution in [0, 0.1) is 0 Å². The molecule has 0 saturated carbocycles. The lowest BCUT2D eigenvalue weighted by Crippen LogP contribution is -2.48. The van der Waals surface area contributed by atoms with E-state index in [4.69, 9.17) is 16.0 Å². The SMILES string of the molecule is CCC(C)(NCc1ncc(-c2cccc(Cl)c2)o1)C(=O)O. The molecule has 0 bridgehead atoms. The molecule has 5 nitrogen and oxygen atoms in total. The maximum Gasteiger partial charge on any atom is 0.323 e. The van der Waals surface area contributed by atoms with Crippen molar-refractivity contribution in [2.75, 3.05) is 0 Å². The first-order valence-electron chi connectivity index (χ1n) is 6.63. The number of hydrogen-bond acceptors (Lipinski definition) is 4. The molecule has 0 spiro atoms. The van der Waals surface area contributed by atoms with Crippen LogP contribution in [0.5, 0.6) is 0 Å². The van der Waals surface area contributed by atoms with Crippen molar-refractivity contribution in [3.63, 3.8) is 0 Å². The van der Waals surface area contributed by atoms with Gasteiger partial charge in [0.1, 0.15) is 5.54 Å². The molecule has 0 aliphatic carbocycles. The minimum Gasteiger partial charge on any atom is -0.480 e. The zero-order chi connectivity index (χ0) is 15.5. The Balaban J connectivity index is 2.09. The normalized spacial score (nSPS) is 13.9. The number of nitrogens with one attached hydrogen (secondary N) is 1. The molecule has 2 rings (SSSR count). The van der Waals surface area contributed by atoms with Crippen molar-refractivity contribution in [2.24, 2.45) is 0 Å². The fraction of sp³-hybridized carbons (Fsp3) is 0.333. The van der Waals surface area contributed by atoms with Crippen LogP contribution in [-0.2, 0) is 11.3 Å². The van der Waals surface area contributed by atoms with Crippen molar-refractivity contribution < 1.29 is 14.3 Å². The summed E-state index contributed by atoms with van der Waals surface area (Å²) < 4.78 is 5.62. The minimum atomic E-state index is -0.995. The van der Waals surface area contributed by atoms with E-state index in [9.17, 15) is 9.90 Å². The average Bonchev–Trinajstić information content (AvgIpc) is 2.93. The lowest BCUT2D eigenvalue weighted by molar-refractivity contribution is -0.144. The second kappa shape index (κ2) is 6.28. The average molecular weight is 309 g/mol. The fourth-order valence-corrected chi connectivity index (χ4v) is 1.98. The van der Waals surface area contributed by atoms with Crippen molar-refractivity contribution in [3.8, 4) is 11.3 Å². The summed E-state index contributed by atoms with van der Waals surface area (Å²) in [6, 6.07) is 7.27. The van der Waals surface area contributed by atoms with Crippen molar-refractivity contribution in [1.29, 1.82) is 0 Å². The van der Waals surface area contributed by atoms with Crippen LogP contribution in [-0.4, -0.2) is 21.6 Å². The molecule has 2 aromatic rings. The number of rotatable bonds is 6. The van der Waals surface area contributed by atoms with Gasteiger partial charge in [-0.05, 0) is 25.5 Å². The van der Waals surface area contributed by atoms with Gasteiger partial charge in [0.25, 0.3) is 0 Å². The Labute approximate surface area is 128 Å². The Hall–Kier alpha value is -1.85. The van der Waals surface area contributed by atoms with Gasteiger partial charge in [-0.2, -0.15) is 0 Å². The summed E-state index contributed by atoms with van der Waals surface area (Å²) in [5, 5.41) is 12.8. The largest absolute Gasteiger partial charge is 0.480 e. The Kier molecular flexibility index (Phi) is 4.65. The third-order valence-corrected chi connectivity index (χ3v) is 3.71. The van der Waals surface area contributed by atoms with E-state index in [0.717, 1.165) is 5.56 Å². The van der Waals surface area contributed by atoms with Crippen LogP contribution < -0.4 is 5.32 Å². The molecule has 0 fully saturated rings. The van der Waals surface area contributed by atoms with Gasteiger partial charge in [0.05, 0.1) is 12.7 Å². The predicted octanol–water partition coefficient (Wildman–Crippen LogP) is 3.34. The van der Waals surface area contributed by atoms with Crippen LogP contribution in [0.3, 0.4) is 0 Å². The topological polar surface area (TPSA) is 75.4 Å². The van der Waals surface area contributed by atoms with Crippen LogP contribution in [0.15, 0.2) is 34.9 Å². The number of nitrogens with zero attached hydrogens (tertiary/aromatic N) is 1. The summed E-state index contributed by atoms with van der Waals surface area (Å²) >= 11 is 5.94. The van der Waals surface area contributed by atoms with Gasteiger partial charge >= 0.3 is 5.97 Å². The van der Waals surface area contributed by atoms with E-state index in [0.29, 0.717) is 23.1 Å². The van der Waals surface area contributed by atoms with Crippen molar-refractivity contribution in [3.05, 3.63) is 41.4 Å². The molecule has 1 heterocycles. The van der Waals surface area contributed by atoms with Gasteiger partial charge in [0.15, 0.2) is 5.76 Å². The summed E-state index contributed by atoms with van der Waals surface area (Å²) in [4.78, 5) is 15.4. The standard InChI is InChI=1S/C15H17ClN2O3/c1-3-15(2,14(19)20)18-9-13-17-8-12(21-13)10-5-4-6-11(16)7-10/h4-8,18H,3,9H2,1-2H3,(H,19,20). The van der Waals surface area contributed by atoms with Gasteiger partial charge in [-0.25, -0.2) is 4.98 Å². The van der Waals surface area contributed by atoms with Gasteiger partial charge in [-0.15, -0.1) is 0 Å². The lowest BCUT2D eigenvalue weighted by atomic mass is 9.99.